The number of rotatable bonds is 6. The Balaban J connectivity index is 1.88. The van der Waals surface area contributed by atoms with Crippen LogP contribution in [-0.4, -0.2) is 32.7 Å². The van der Waals surface area contributed by atoms with Crippen molar-refractivity contribution in [1.82, 2.24) is 9.97 Å². The molecule has 7 nitrogen and oxygen atoms in total. The van der Waals surface area contributed by atoms with Crippen LogP contribution in [0.2, 0.25) is 0 Å². The van der Waals surface area contributed by atoms with Gasteiger partial charge in [-0.25, -0.2) is 14.4 Å². The first-order valence-electron chi connectivity index (χ1n) is 7.98. The summed E-state index contributed by atoms with van der Waals surface area (Å²) in [7, 11) is 0. The summed E-state index contributed by atoms with van der Waals surface area (Å²) in [6.45, 7) is -0.556. The van der Waals surface area contributed by atoms with E-state index in [1.165, 1.54) is 30.3 Å². The number of carbonyl (C=O) groups excluding carboxylic acids is 1. The summed E-state index contributed by atoms with van der Waals surface area (Å²) in [6, 6.07) is 13.8. The van der Waals surface area contributed by atoms with Crippen molar-refractivity contribution in [3.05, 3.63) is 71.9 Å². The molecule has 3 rings (SSSR count). The number of nitrogens with zero attached hydrogens (tertiary/aromatic N) is 2. The first kappa shape index (κ1) is 18.4. The molecule has 138 valence electrons. The van der Waals surface area contributed by atoms with Gasteiger partial charge in [0.25, 0.3) is 5.91 Å². The normalized spacial score (nSPS) is 11.8. The predicted molar refractivity (Wildman–Crippen MR) is 94.5 cm³/mol. The Hall–Kier alpha value is -3.36. The number of amides is 1. The van der Waals surface area contributed by atoms with Crippen LogP contribution in [0.1, 0.15) is 22.4 Å². The fourth-order valence-electron chi connectivity index (χ4n) is 2.32. The lowest BCUT2D eigenvalue weighted by Crippen LogP contribution is -2.18. The first-order chi connectivity index (χ1) is 13.0. The minimum Gasteiger partial charge on any atom is -0.457 e. The van der Waals surface area contributed by atoms with Crippen molar-refractivity contribution in [3.63, 3.8) is 0 Å². The average molecular weight is 369 g/mol. The van der Waals surface area contributed by atoms with Gasteiger partial charge in [-0.3, -0.25) is 4.79 Å². The molecule has 1 aromatic heterocycles. The number of aliphatic hydroxyl groups is 2. The highest BCUT2D eigenvalue weighted by Crippen LogP contribution is 2.26. The maximum absolute atomic E-state index is 12.9. The van der Waals surface area contributed by atoms with Gasteiger partial charge in [0, 0.05) is 5.56 Å². The van der Waals surface area contributed by atoms with Gasteiger partial charge in [0.1, 0.15) is 23.4 Å². The number of halogens is 1. The SMILES string of the molecule is NC(=O)c1nc(-c2ccc(Oc3ccc(F)cc3)cc2)cc([C@@H](O)CO)n1. The summed E-state index contributed by atoms with van der Waals surface area (Å²) in [5, 5.41) is 18.9. The van der Waals surface area contributed by atoms with Crippen molar-refractivity contribution in [2.24, 2.45) is 5.73 Å². The summed E-state index contributed by atoms with van der Waals surface area (Å²) >= 11 is 0. The Morgan fingerprint density at radius 1 is 1.07 bits per heavy atom. The third kappa shape index (κ3) is 4.43. The fraction of sp³-hybridized carbons (Fsp3) is 0.105. The molecule has 0 saturated carbocycles. The van der Waals surface area contributed by atoms with Crippen LogP contribution in [0, 0.1) is 5.82 Å². The predicted octanol–water partition coefficient (Wildman–Crippen LogP) is 2.20. The van der Waals surface area contributed by atoms with Gasteiger partial charge in [0.15, 0.2) is 0 Å². The van der Waals surface area contributed by atoms with E-state index in [1.807, 2.05) is 0 Å². The molecule has 27 heavy (non-hydrogen) atoms. The molecule has 1 amide bonds. The highest BCUT2D eigenvalue weighted by molar-refractivity contribution is 5.89. The van der Waals surface area contributed by atoms with Crippen molar-refractivity contribution in [2.75, 3.05) is 6.61 Å². The quantitative estimate of drug-likeness (QED) is 0.613. The van der Waals surface area contributed by atoms with Gasteiger partial charge in [-0.15, -0.1) is 0 Å². The number of ether oxygens (including phenoxy) is 1. The van der Waals surface area contributed by atoms with Crippen molar-refractivity contribution in [1.29, 1.82) is 0 Å². The van der Waals surface area contributed by atoms with Crippen LogP contribution in [-0.2, 0) is 0 Å². The summed E-state index contributed by atoms with van der Waals surface area (Å²) in [5.74, 6) is -0.463. The second-order valence-corrected chi connectivity index (χ2v) is 5.64. The number of carbonyl (C=O) groups is 1. The highest BCUT2D eigenvalue weighted by Gasteiger charge is 2.15. The van der Waals surface area contributed by atoms with Gasteiger partial charge < -0.3 is 20.7 Å². The Morgan fingerprint density at radius 3 is 2.22 bits per heavy atom. The van der Waals surface area contributed by atoms with E-state index in [2.05, 4.69) is 9.97 Å². The molecular weight excluding hydrogens is 353 g/mol. The zero-order chi connectivity index (χ0) is 19.4. The van der Waals surface area contributed by atoms with Gasteiger partial charge in [-0.05, 0) is 54.6 Å². The first-order valence-corrected chi connectivity index (χ1v) is 7.98. The lowest BCUT2D eigenvalue weighted by molar-refractivity contribution is 0.0909. The largest absolute Gasteiger partial charge is 0.457 e. The van der Waals surface area contributed by atoms with Crippen LogP contribution in [0.3, 0.4) is 0 Å². The van der Waals surface area contributed by atoms with E-state index < -0.39 is 18.6 Å². The Kier molecular flexibility index (Phi) is 5.39. The maximum atomic E-state index is 12.9. The summed E-state index contributed by atoms with van der Waals surface area (Å²) < 4.78 is 18.6. The molecular formula is C19H16FN3O4. The molecule has 4 N–H and O–H groups in total. The Bertz CT molecular complexity index is 946. The van der Waals surface area contributed by atoms with Crippen LogP contribution in [0.15, 0.2) is 54.6 Å². The van der Waals surface area contributed by atoms with Crippen molar-refractivity contribution in [2.45, 2.75) is 6.10 Å². The molecule has 1 atom stereocenters. The molecule has 0 spiro atoms. The van der Waals surface area contributed by atoms with Gasteiger partial charge in [0.2, 0.25) is 5.82 Å². The molecule has 0 radical (unpaired) electrons. The minimum atomic E-state index is -1.26. The third-order valence-electron chi connectivity index (χ3n) is 3.68. The topological polar surface area (TPSA) is 119 Å². The standard InChI is InChI=1S/C19H16FN3O4/c20-12-3-7-14(8-4-12)27-13-5-1-11(2-6-13)15-9-16(17(25)10-24)23-19(22-15)18(21)26/h1-9,17,24-25H,10H2,(H2,21,26)/t17-/m0/s1. The number of primary amides is 1. The zero-order valence-electron chi connectivity index (χ0n) is 14.0. The van der Waals surface area contributed by atoms with Crippen LogP contribution >= 0.6 is 0 Å². The van der Waals surface area contributed by atoms with E-state index in [-0.39, 0.29) is 17.3 Å². The lowest BCUT2D eigenvalue weighted by atomic mass is 10.1. The molecule has 8 heteroatoms. The molecule has 2 aromatic carbocycles. The second-order valence-electron chi connectivity index (χ2n) is 5.64. The summed E-state index contributed by atoms with van der Waals surface area (Å²) in [4.78, 5) is 19.4. The van der Waals surface area contributed by atoms with Gasteiger partial charge >= 0.3 is 0 Å². The van der Waals surface area contributed by atoms with Crippen molar-refractivity contribution < 1.29 is 24.1 Å². The van der Waals surface area contributed by atoms with Gasteiger partial charge in [0.05, 0.1) is 18.0 Å². The molecule has 0 unspecified atom stereocenters. The number of aromatic nitrogens is 2. The van der Waals surface area contributed by atoms with Crippen LogP contribution < -0.4 is 10.5 Å². The molecule has 0 fully saturated rings. The number of nitrogens with two attached hydrogens (primary N) is 1. The Morgan fingerprint density at radius 2 is 1.67 bits per heavy atom. The fourth-order valence-corrected chi connectivity index (χ4v) is 2.32. The monoisotopic (exact) mass is 369 g/mol. The smallest absolute Gasteiger partial charge is 0.286 e. The van der Waals surface area contributed by atoms with Gasteiger partial charge in [-0.1, -0.05) is 0 Å². The van der Waals surface area contributed by atoms with E-state index in [0.717, 1.165) is 0 Å². The lowest BCUT2D eigenvalue weighted by Gasteiger charge is -2.11. The molecule has 0 bridgehead atoms. The average Bonchev–Trinajstić information content (AvgIpc) is 2.69. The number of hydrogen-bond donors (Lipinski definition) is 3. The van der Waals surface area contributed by atoms with E-state index in [4.69, 9.17) is 15.6 Å². The number of aliphatic hydroxyl groups excluding tert-OH is 2. The van der Waals surface area contributed by atoms with Gasteiger partial charge in [-0.2, -0.15) is 0 Å². The number of benzene rings is 2. The summed E-state index contributed by atoms with van der Waals surface area (Å²) in [6.07, 6.45) is -1.26. The van der Waals surface area contributed by atoms with Crippen LogP contribution in [0.5, 0.6) is 11.5 Å². The minimum absolute atomic E-state index is 0.0861. The molecule has 0 aliphatic rings. The maximum Gasteiger partial charge on any atom is 0.286 e. The highest BCUT2D eigenvalue weighted by atomic mass is 19.1. The van der Waals surface area contributed by atoms with E-state index in [9.17, 15) is 14.3 Å². The number of hydrogen-bond acceptors (Lipinski definition) is 6. The molecule has 1 heterocycles. The molecule has 0 aliphatic carbocycles. The van der Waals surface area contributed by atoms with E-state index in [0.29, 0.717) is 22.8 Å². The van der Waals surface area contributed by atoms with Crippen LogP contribution in [0.25, 0.3) is 11.3 Å². The zero-order valence-corrected chi connectivity index (χ0v) is 14.0. The summed E-state index contributed by atoms with van der Waals surface area (Å²) in [5.41, 5.74) is 6.30. The van der Waals surface area contributed by atoms with Crippen molar-refractivity contribution in [3.8, 4) is 22.8 Å². The molecule has 0 aliphatic heterocycles. The molecule has 3 aromatic rings. The Labute approximate surface area is 153 Å². The van der Waals surface area contributed by atoms with Crippen LogP contribution in [0.4, 0.5) is 4.39 Å². The van der Waals surface area contributed by atoms with E-state index in [1.54, 1.807) is 24.3 Å². The van der Waals surface area contributed by atoms with Crippen molar-refractivity contribution >= 4 is 5.91 Å². The molecule has 0 saturated heterocycles. The second kappa shape index (κ2) is 7.90. The van der Waals surface area contributed by atoms with E-state index >= 15 is 0 Å². The third-order valence-corrected chi connectivity index (χ3v) is 3.68.